The van der Waals surface area contributed by atoms with E-state index in [2.05, 4.69) is 0 Å². The SMILES string of the molecule is COc1ccc(COC[C@H]2O[C@@H](CC[C@H](O)CO)C[C@@H](OCc3ccc(OC)cc3)[C@@H]2OCc2ccc(OC)cc2)cc1. The maximum atomic E-state index is 10.0. The van der Waals surface area contributed by atoms with Crippen LogP contribution in [0.15, 0.2) is 72.8 Å². The van der Waals surface area contributed by atoms with Gasteiger partial charge in [0.2, 0.25) is 0 Å². The Balaban J connectivity index is 1.49. The Hall–Kier alpha value is -3.18. The largest absolute Gasteiger partial charge is 0.497 e. The Labute approximate surface area is 254 Å². The average Bonchev–Trinajstić information content (AvgIpc) is 3.06. The molecule has 43 heavy (non-hydrogen) atoms. The van der Waals surface area contributed by atoms with Gasteiger partial charge in [-0.2, -0.15) is 0 Å². The first-order valence-electron chi connectivity index (χ1n) is 14.6. The van der Waals surface area contributed by atoms with Crippen molar-refractivity contribution in [1.29, 1.82) is 0 Å². The standard InChI is InChI=1S/C34H44O9/c1-37-28-11-4-24(5-12-28)20-40-23-33-34(42-22-26-8-15-30(39-3)16-9-26)32(18-31(43-33)17-10-27(36)19-35)41-21-25-6-13-29(38-2)14-7-25/h4-9,11-16,27,31-36H,10,17-23H2,1-3H3/t27-,31-,32+,33+,34-/m0/s1. The van der Waals surface area contributed by atoms with Gasteiger partial charge in [-0.15, -0.1) is 0 Å². The summed E-state index contributed by atoms with van der Waals surface area (Å²) >= 11 is 0. The molecular weight excluding hydrogens is 552 g/mol. The molecule has 3 aromatic carbocycles. The van der Waals surface area contributed by atoms with Crippen molar-refractivity contribution in [2.24, 2.45) is 0 Å². The second-order valence-electron chi connectivity index (χ2n) is 10.6. The Kier molecular flexibility index (Phi) is 13.1. The van der Waals surface area contributed by atoms with E-state index in [9.17, 15) is 10.2 Å². The Morgan fingerprint density at radius 1 is 0.721 bits per heavy atom. The summed E-state index contributed by atoms with van der Waals surface area (Å²) in [5, 5.41) is 19.4. The zero-order valence-corrected chi connectivity index (χ0v) is 25.2. The highest BCUT2D eigenvalue weighted by Gasteiger charge is 2.40. The van der Waals surface area contributed by atoms with Crippen LogP contribution in [0.1, 0.15) is 36.0 Å². The lowest BCUT2D eigenvalue weighted by Gasteiger charge is -2.42. The summed E-state index contributed by atoms with van der Waals surface area (Å²) in [5.41, 5.74) is 3.03. The highest BCUT2D eigenvalue weighted by Crippen LogP contribution is 2.30. The van der Waals surface area contributed by atoms with Crippen molar-refractivity contribution in [3.63, 3.8) is 0 Å². The van der Waals surface area contributed by atoms with E-state index in [-0.39, 0.29) is 18.8 Å². The van der Waals surface area contributed by atoms with Gasteiger partial charge in [0.15, 0.2) is 0 Å². The number of benzene rings is 3. The van der Waals surface area contributed by atoms with Gasteiger partial charge in [0.25, 0.3) is 0 Å². The maximum absolute atomic E-state index is 10.0. The molecule has 0 saturated carbocycles. The minimum atomic E-state index is -0.795. The fourth-order valence-electron chi connectivity index (χ4n) is 5.03. The van der Waals surface area contributed by atoms with Crippen molar-refractivity contribution >= 4 is 0 Å². The van der Waals surface area contributed by atoms with E-state index in [4.69, 9.17) is 33.2 Å². The van der Waals surface area contributed by atoms with Crippen LogP contribution in [0.4, 0.5) is 0 Å². The van der Waals surface area contributed by atoms with E-state index in [0.717, 1.165) is 33.9 Å². The lowest BCUT2D eigenvalue weighted by atomic mass is 9.94. The highest BCUT2D eigenvalue weighted by atomic mass is 16.6. The lowest BCUT2D eigenvalue weighted by Crippen LogP contribution is -2.52. The number of methoxy groups -OCH3 is 3. The second kappa shape index (κ2) is 17.2. The summed E-state index contributed by atoms with van der Waals surface area (Å²) in [7, 11) is 4.92. The quantitative estimate of drug-likeness (QED) is 0.230. The molecule has 0 amide bonds. The smallest absolute Gasteiger partial charge is 0.118 e. The summed E-state index contributed by atoms with van der Waals surface area (Å²) in [6, 6.07) is 23.3. The first-order chi connectivity index (χ1) is 21.0. The third kappa shape index (κ3) is 10.2. The van der Waals surface area contributed by atoms with E-state index in [1.807, 2.05) is 72.8 Å². The van der Waals surface area contributed by atoms with Gasteiger partial charge < -0.3 is 43.4 Å². The number of rotatable bonds is 17. The number of aliphatic hydroxyl groups excluding tert-OH is 2. The number of aliphatic hydroxyl groups is 2. The normalized spacial score (nSPS) is 20.9. The van der Waals surface area contributed by atoms with Gasteiger partial charge in [-0.25, -0.2) is 0 Å². The number of ether oxygens (including phenoxy) is 7. The first-order valence-corrected chi connectivity index (χ1v) is 14.6. The molecule has 5 atom stereocenters. The van der Waals surface area contributed by atoms with Crippen LogP contribution in [-0.4, -0.2) is 75.3 Å². The van der Waals surface area contributed by atoms with E-state index >= 15 is 0 Å². The van der Waals surface area contributed by atoms with Crippen LogP contribution in [0.25, 0.3) is 0 Å². The van der Waals surface area contributed by atoms with Crippen LogP contribution in [0.5, 0.6) is 17.2 Å². The molecule has 0 spiro atoms. The van der Waals surface area contributed by atoms with Crippen LogP contribution in [0.2, 0.25) is 0 Å². The van der Waals surface area contributed by atoms with E-state index < -0.39 is 18.3 Å². The molecule has 1 heterocycles. The average molecular weight is 597 g/mol. The van der Waals surface area contributed by atoms with Gasteiger partial charge in [0.05, 0.1) is 72.7 Å². The molecule has 9 heteroatoms. The van der Waals surface area contributed by atoms with Crippen molar-refractivity contribution in [2.75, 3.05) is 34.5 Å². The Morgan fingerprint density at radius 2 is 1.21 bits per heavy atom. The predicted octanol–water partition coefficient (Wildman–Crippen LogP) is 4.69. The molecule has 0 unspecified atom stereocenters. The van der Waals surface area contributed by atoms with E-state index in [0.29, 0.717) is 45.7 Å². The first kappa shape index (κ1) is 32.7. The molecule has 0 radical (unpaired) electrons. The molecule has 1 saturated heterocycles. The second-order valence-corrected chi connectivity index (χ2v) is 10.6. The summed E-state index contributed by atoms with van der Waals surface area (Å²) in [6.45, 7) is 1.17. The van der Waals surface area contributed by atoms with Crippen molar-refractivity contribution in [3.8, 4) is 17.2 Å². The molecule has 1 aliphatic rings. The Bertz CT molecular complexity index is 1180. The summed E-state index contributed by atoms with van der Waals surface area (Å²) < 4.78 is 41.6. The Morgan fingerprint density at radius 3 is 1.70 bits per heavy atom. The van der Waals surface area contributed by atoms with E-state index in [1.54, 1.807) is 21.3 Å². The molecule has 0 aromatic heterocycles. The van der Waals surface area contributed by atoms with Crippen molar-refractivity contribution in [2.45, 2.75) is 69.6 Å². The number of hydrogen-bond acceptors (Lipinski definition) is 9. The molecular formula is C34H44O9. The molecule has 1 aliphatic heterocycles. The van der Waals surface area contributed by atoms with Gasteiger partial charge in [-0.3, -0.25) is 0 Å². The molecule has 4 rings (SSSR count). The molecule has 2 N–H and O–H groups in total. The maximum Gasteiger partial charge on any atom is 0.118 e. The highest BCUT2D eigenvalue weighted by molar-refractivity contribution is 5.28. The van der Waals surface area contributed by atoms with Gasteiger partial charge >= 0.3 is 0 Å². The predicted molar refractivity (Wildman–Crippen MR) is 161 cm³/mol. The minimum Gasteiger partial charge on any atom is -0.497 e. The summed E-state index contributed by atoms with van der Waals surface area (Å²) in [4.78, 5) is 0. The van der Waals surface area contributed by atoms with Crippen molar-refractivity contribution < 1.29 is 43.4 Å². The molecule has 0 bridgehead atoms. The van der Waals surface area contributed by atoms with Crippen LogP contribution < -0.4 is 14.2 Å². The molecule has 234 valence electrons. The van der Waals surface area contributed by atoms with Gasteiger partial charge in [-0.05, 0) is 65.9 Å². The van der Waals surface area contributed by atoms with Gasteiger partial charge in [-0.1, -0.05) is 36.4 Å². The fraction of sp³-hybridized carbons (Fsp3) is 0.471. The molecule has 3 aromatic rings. The van der Waals surface area contributed by atoms with Gasteiger partial charge in [0, 0.05) is 6.42 Å². The third-order valence-corrected chi connectivity index (χ3v) is 7.56. The zero-order valence-electron chi connectivity index (χ0n) is 25.2. The van der Waals surface area contributed by atoms with Crippen LogP contribution >= 0.6 is 0 Å². The van der Waals surface area contributed by atoms with Crippen LogP contribution in [0, 0.1) is 0 Å². The summed E-state index contributed by atoms with van der Waals surface area (Å²) in [5.74, 6) is 2.35. The zero-order chi connectivity index (χ0) is 30.4. The number of hydrogen-bond donors (Lipinski definition) is 2. The van der Waals surface area contributed by atoms with Crippen molar-refractivity contribution in [3.05, 3.63) is 89.5 Å². The molecule has 1 fully saturated rings. The van der Waals surface area contributed by atoms with Crippen LogP contribution in [0.3, 0.4) is 0 Å². The lowest BCUT2D eigenvalue weighted by molar-refractivity contribution is -0.222. The monoisotopic (exact) mass is 596 g/mol. The fourth-order valence-corrected chi connectivity index (χ4v) is 5.03. The van der Waals surface area contributed by atoms with Crippen LogP contribution in [-0.2, 0) is 38.8 Å². The minimum absolute atomic E-state index is 0.197. The van der Waals surface area contributed by atoms with E-state index in [1.165, 1.54) is 0 Å². The van der Waals surface area contributed by atoms with Crippen molar-refractivity contribution in [1.82, 2.24) is 0 Å². The van der Waals surface area contributed by atoms with Gasteiger partial charge in [0.1, 0.15) is 29.5 Å². The summed E-state index contributed by atoms with van der Waals surface area (Å²) in [6.07, 6.45) is -0.532. The molecule has 0 aliphatic carbocycles. The third-order valence-electron chi connectivity index (χ3n) is 7.56. The molecule has 9 nitrogen and oxygen atoms in total. The topological polar surface area (TPSA) is 105 Å².